The van der Waals surface area contributed by atoms with E-state index in [0.29, 0.717) is 46.4 Å². The van der Waals surface area contributed by atoms with Crippen LogP contribution < -0.4 is 35.2 Å². The summed E-state index contributed by atoms with van der Waals surface area (Å²) in [7, 11) is 3.14. The number of hydrogen-bond donors (Lipinski definition) is 3. The quantitative estimate of drug-likeness (QED) is 0.277. The van der Waals surface area contributed by atoms with Gasteiger partial charge in [0.15, 0.2) is 5.82 Å². The van der Waals surface area contributed by atoms with Crippen LogP contribution in [0.25, 0.3) is 11.4 Å². The van der Waals surface area contributed by atoms with Gasteiger partial charge in [-0.05, 0) is 88.4 Å². The largest absolute Gasteiger partial charge is 0.489 e. The van der Waals surface area contributed by atoms with Crippen molar-refractivity contribution < 1.29 is 42.9 Å². The summed E-state index contributed by atoms with van der Waals surface area (Å²) < 4.78 is 23.4. The van der Waals surface area contributed by atoms with Crippen LogP contribution in [-0.4, -0.2) is 107 Å². The van der Waals surface area contributed by atoms with Crippen LogP contribution in [0.1, 0.15) is 64.7 Å². The Morgan fingerprint density at radius 1 is 0.810 bits per heavy atom. The van der Waals surface area contributed by atoms with Crippen LogP contribution in [0.3, 0.4) is 0 Å². The summed E-state index contributed by atoms with van der Waals surface area (Å²) >= 11 is 0. The first-order valence-corrected chi connectivity index (χ1v) is 18.2. The fraction of sp³-hybridized carbons (Fsp3) is 0.474. The molecule has 5 amide bonds. The van der Waals surface area contributed by atoms with Crippen LogP contribution in [-0.2, 0) is 25.6 Å². The number of amides is 5. The summed E-state index contributed by atoms with van der Waals surface area (Å²) in [5, 5.41) is 36.6. The van der Waals surface area contributed by atoms with Crippen LogP contribution in [0.5, 0.6) is 11.5 Å². The third-order valence-corrected chi connectivity index (χ3v) is 8.10. The molecule has 0 aliphatic carbocycles. The zero-order valence-corrected chi connectivity index (χ0v) is 33.6. The summed E-state index contributed by atoms with van der Waals surface area (Å²) in [4.78, 5) is 64.7. The Morgan fingerprint density at radius 3 is 1.84 bits per heavy atom. The molecule has 0 radical (unpaired) electrons. The van der Waals surface area contributed by atoms with E-state index in [4.69, 9.17) is 29.5 Å². The summed E-state index contributed by atoms with van der Waals surface area (Å²) in [5.41, 5.74) is 0.545. The van der Waals surface area contributed by atoms with Crippen LogP contribution in [0.15, 0.2) is 36.4 Å². The molecule has 2 atom stereocenters. The second-order valence-electron chi connectivity index (χ2n) is 15.0. The highest BCUT2D eigenvalue weighted by Crippen LogP contribution is 2.35. The molecule has 3 heterocycles. The average molecular weight is 802 g/mol. The second-order valence-corrected chi connectivity index (χ2v) is 15.0. The number of ether oxygens (including phenoxy) is 4. The predicted molar refractivity (Wildman–Crippen MR) is 207 cm³/mol. The number of nitrogens with one attached hydrogen (secondary N) is 3. The summed E-state index contributed by atoms with van der Waals surface area (Å²) in [5.74, 6) is 0.276. The number of likely N-dealkylation sites (N-methyl/N-ethyl adjacent to an activating group) is 2. The van der Waals surface area contributed by atoms with Crippen LogP contribution in [0, 0.1) is 22.7 Å². The third kappa shape index (κ3) is 11.8. The number of carbonyl (C=O) groups is 5. The number of benzene rings is 2. The lowest BCUT2D eigenvalue weighted by atomic mass is 10.1. The van der Waals surface area contributed by atoms with Gasteiger partial charge in [-0.2, -0.15) is 10.5 Å². The van der Waals surface area contributed by atoms with Crippen molar-refractivity contribution in [2.45, 2.75) is 84.2 Å². The highest BCUT2D eigenvalue weighted by molar-refractivity contribution is 6.03. The van der Waals surface area contributed by atoms with Crippen molar-refractivity contribution in [3.63, 3.8) is 0 Å². The summed E-state index contributed by atoms with van der Waals surface area (Å²) in [6.07, 6.45) is -0.939. The van der Waals surface area contributed by atoms with Crippen molar-refractivity contribution in [2.75, 3.05) is 43.7 Å². The molecule has 1 aromatic heterocycles. The summed E-state index contributed by atoms with van der Waals surface area (Å²) in [6.45, 7) is 10.9. The molecule has 2 aliphatic heterocycles. The number of aromatic nitrogens is 4. The zero-order valence-electron chi connectivity index (χ0n) is 33.6. The van der Waals surface area contributed by atoms with E-state index in [1.807, 2.05) is 6.07 Å². The van der Waals surface area contributed by atoms with Crippen molar-refractivity contribution >= 4 is 41.3 Å². The van der Waals surface area contributed by atoms with Crippen molar-refractivity contribution in [2.24, 2.45) is 0 Å². The molecule has 3 aromatic rings. The molecule has 20 nitrogen and oxygen atoms in total. The smallest absolute Gasteiger partial charge is 0.408 e. The van der Waals surface area contributed by atoms with Crippen LogP contribution in [0.4, 0.5) is 21.0 Å². The van der Waals surface area contributed by atoms with Crippen LogP contribution in [0.2, 0.25) is 0 Å². The van der Waals surface area contributed by atoms with Crippen LogP contribution >= 0.6 is 0 Å². The number of anilines is 2. The minimum Gasteiger partial charge on any atom is -0.489 e. The lowest BCUT2D eigenvalue weighted by molar-refractivity contribution is -0.121. The van der Waals surface area contributed by atoms with E-state index in [1.165, 1.54) is 27.6 Å². The van der Waals surface area contributed by atoms with Crippen molar-refractivity contribution in [3.05, 3.63) is 42.0 Å². The fourth-order valence-electron chi connectivity index (χ4n) is 5.44. The Labute approximate surface area is 335 Å². The molecule has 0 bridgehead atoms. The molecular formula is C38H47N11O9. The molecule has 0 saturated heterocycles. The molecule has 20 heteroatoms. The van der Waals surface area contributed by atoms with Gasteiger partial charge in [0.2, 0.25) is 0 Å². The summed E-state index contributed by atoms with van der Waals surface area (Å²) in [6, 6.07) is 12.1. The van der Waals surface area contributed by atoms with Gasteiger partial charge in [0, 0.05) is 31.8 Å². The topological polar surface area (TPSA) is 256 Å². The molecule has 5 rings (SSSR count). The van der Waals surface area contributed by atoms with E-state index in [1.54, 1.807) is 78.9 Å². The number of nitrogens with zero attached hydrogens (tertiary/aromatic N) is 8. The van der Waals surface area contributed by atoms with Gasteiger partial charge in [0.05, 0.1) is 42.9 Å². The average Bonchev–Trinajstić information content (AvgIpc) is 3.55. The molecule has 0 unspecified atom stereocenters. The van der Waals surface area contributed by atoms with Crippen molar-refractivity contribution in [3.8, 4) is 35.0 Å². The Kier molecular flexibility index (Phi) is 14.2. The first-order valence-electron chi connectivity index (χ1n) is 18.2. The Balaban J connectivity index is 0.000000257. The number of carbonyl (C=O) groups excluding carboxylic acids is 5. The van der Waals surface area contributed by atoms with Gasteiger partial charge in [0.25, 0.3) is 17.7 Å². The molecule has 3 N–H and O–H groups in total. The molecule has 0 saturated carbocycles. The van der Waals surface area contributed by atoms with E-state index in [0.717, 1.165) is 0 Å². The lowest BCUT2D eigenvalue weighted by Gasteiger charge is -2.23. The normalized spacial score (nSPS) is 16.2. The van der Waals surface area contributed by atoms with Gasteiger partial charge in [-0.1, -0.05) is 0 Å². The van der Waals surface area contributed by atoms with Gasteiger partial charge in [0.1, 0.15) is 48.0 Å². The van der Waals surface area contributed by atoms with Gasteiger partial charge in [-0.15, -0.1) is 5.10 Å². The minimum atomic E-state index is -0.930. The number of nitriles is 2. The standard InChI is InChI=1S/C19H23N7O4.C19H24N4O5/c1-19(2,3)30-18(28)21-13-11-29-15-7-6-12(10-14(15)25(4)17(13)27)16-22-23-24-26(16)9-5-8-20;1-19(2,3)28-18(26)22-13-11-27-15-7-6-12(16(24)21-9-5-8-20)10-14(15)23(4)17(13)25/h6-7,10,13H,5,9,11H2,1-4H3,(H,21,28);6-7,10,13H,5,9,11H2,1-4H3,(H,21,24)(H,22,26)/t2*13-/m00/s1. The number of rotatable bonds is 8. The third-order valence-electron chi connectivity index (χ3n) is 8.10. The molecule has 58 heavy (non-hydrogen) atoms. The maximum absolute atomic E-state index is 12.9. The van der Waals surface area contributed by atoms with E-state index in [9.17, 15) is 24.0 Å². The van der Waals surface area contributed by atoms with E-state index in [2.05, 4.69) is 37.5 Å². The monoisotopic (exact) mass is 801 g/mol. The fourth-order valence-corrected chi connectivity index (χ4v) is 5.44. The van der Waals surface area contributed by atoms with Crippen molar-refractivity contribution in [1.29, 1.82) is 10.5 Å². The number of hydrogen-bond acceptors (Lipinski definition) is 14. The van der Waals surface area contributed by atoms with Gasteiger partial charge in [-0.3, -0.25) is 14.4 Å². The molecule has 2 aromatic carbocycles. The van der Waals surface area contributed by atoms with E-state index in [-0.39, 0.29) is 44.4 Å². The molecule has 0 spiro atoms. The number of alkyl carbamates (subject to hydrolysis) is 2. The minimum absolute atomic E-state index is 0.0331. The maximum atomic E-state index is 12.9. The first-order chi connectivity index (χ1) is 27.3. The number of tetrazole rings is 1. The number of fused-ring (bicyclic) bond motifs is 2. The Morgan fingerprint density at radius 2 is 1.33 bits per heavy atom. The zero-order chi connectivity index (χ0) is 42.8. The first kappa shape index (κ1) is 43.8. The van der Waals surface area contributed by atoms with E-state index >= 15 is 0 Å². The highest BCUT2D eigenvalue weighted by Gasteiger charge is 2.34. The van der Waals surface area contributed by atoms with E-state index < -0.39 is 41.4 Å². The molecule has 2 aliphatic rings. The Bertz CT molecular complexity index is 2090. The molecule has 0 fully saturated rings. The molecular weight excluding hydrogens is 754 g/mol. The SMILES string of the molecule is CN1C(=O)[C@@H](NC(=O)OC(C)(C)C)COc2ccc(-c3nnnn3CCC#N)cc21.CN1C(=O)[C@@H](NC(=O)OC(C)(C)C)COc2ccc(C(=O)NCCC#N)cc21. The van der Waals surface area contributed by atoms with Gasteiger partial charge in [-0.25, -0.2) is 14.3 Å². The van der Waals surface area contributed by atoms with Crippen molar-refractivity contribution in [1.82, 2.24) is 36.2 Å². The Hall–Kier alpha value is -6.96. The molecule has 308 valence electrons. The van der Waals surface area contributed by atoms with Gasteiger partial charge >= 0.3 is 12.2 Å². The predicted octanol–water partition coefficient (Wildman–Crippen LogP) is 3.08. The van der Waals surface area contributed by atoms with Gasteiger partial charge < -0.3 is 44.7 Å². The lowest BCUT2D eigenvalue weighted by Crippen LogP contribution is -2.50. The highest BCUT2D eigenvalue weighted by atomic mass is 16.6. The second kappa shape index (κ2) is 18.8. The maximum Gasteiger partial charge on any atom is 0.408 e. The number of aryl methyl sites for hydroxylation is 1.